The molecule has 1 atom stereocenters. The molecule has 0 bridgehead atoms. The molecular weight excluding hydrogens is 204 g/mol. The predicted molar refractivity (Wildman–Crippen MR) is 64.7 cm³/mol. The van der Waals surface area contributed by atoms with Crippen LogP contribution in [-0.4, -0.2) is 16.9 Å². The number of nitrogen functional groups attached to an aromatic ring is 1. The first-order valence-corrected chi connectivity index (χ1v) is 5.27. The molecule has 1 rings (SSSR count). The highest BCUT2D eigenvalue weighted by molar-refractivity contribution is 5.94. The average molecular weight is 222 g/mol. The van der Waals surface area contributed by atoms with Crippen LogP contribution in [0.3, 0.4) is 0 Å². The van der Waals surface area contributed by atoms with E-state index in [0.717, 1.165) is 0 Å². The van der Waals surface area contributed by atoms with Crippen molar-refractivity contribution in [2.75, 3.05) is 11.1 Å². The summed E-state index contributed by atoms with van der Waals surface area (Å²) in [5, 5.41) is 2.69. The molecule has 0 saturated carbocycles. The van der Waals surface area contributed by atoms with E-state index < -0.39 is 6.04 Å². The van der Waals surface area contributed by atoms with E-state index in [1.165, 1.54) is 6.20 Å². The van der Waals surface area contributed by atoms with Gasteiger partial charge in [0.2, 0.25) is 5.91 Å². The van der Waals surface area contributed by atoms with E-state index >= 15 is 0 Å². The van der Waals surface area contributed by atoms with Crippen LogP contribution in [-0.2, 0) is 4.79 Å². The number of carbonyl (C=O) groups is 1. The van der Waals surface area contributed by atoms with Gasteiger partial charge in [0.1, 0.15) is 5.82 Å². The van der Waals surface area contributed by atoms with Crippen LogP contribution in [0, 0.1) is 5.92 Å². The van der Waals surface area contributed by atoms with Gasteiger partial charge in [0, 0.05) is 0 Å². The summed E-state index contributed by atoms with van der Waals surface area (Å²) < 4.78 is 0. The van der Waals surface area contributed by atoms with Crippen LogP contribution in [0.15, 0.2) is 18.3 Å². The van der Waals surface area contributed by atoms with Gasteiger partial charge in [0.15, 0.2) is 0 Å². The number of pyridine rings is 1. The van der Waals surface area contributed by atoms with Crippen LogP contribution in [0.5, 0.6) is 0 Å². The number of aromatic nitrogens is 1. The summed E-state index contributed by atoms with van der Waals surface area (Å²) in [5.74, 6) is 0.620. The molecule has 88 valence electrons. The minimum atomic E-state index is -0.488. The fraction of sp³-hybridized carbons (Fsp3) is 0.455. The Balaban J connectivity index is 2.54. The molecule has 0 aliphatic carbocycles. The Labute approximate surface area is 95.2 Å². The third-order valence-electron chi connectivity index (χ3n) is 2.12. The lowest BCUT2D eigenvalue weighted by Crippen LogP contribution is -2.36. The second kappa shape index (κ2) is 5.46. The SMILES string of the molecule is CC(C)C[C@H](N)C(=O)Nc1ccc(N)nc1. The molecule has 0 aliphatic rings. The molecule has 1 aromatic heterocycles. The van der Waals surface area contributed by atoms with Crippen molar-refractivity contribution in [3.05, 3.63) is 18.3 Å². The van der Waals surface area contributed by atoms with Crippen molar-refractivity contribution >= 4 is 17.4 Å². The zero-order chi connectivity index (χ0) is 12.1. The highest BCUT2D eigenvalue weighted by atomic mass is 16.2. The Morgan fingerprint density at radius 3 is 2.69 bits per heavy atom. The third kappa shape index (κ3) is 3.86. The van der Waals surface area contributed by atoms with Gasteiger partial charge in [-0.3, -0.25) is 4.79 Å². The van der Waals surface area contributed by atoms with Gasteiger partial charge in [-0.2, -0.15) is 0 Å². The summed E-state index contributed by atoms with van der Waals surface area (Å²) in [7, 11) is 0. The molecule has 1 heterocycles. The van der Waals surface area contributed by atoms with Gasteiger partial charge < -0.3 is 16.8 Å². The van der Waals surface area contributed by atoms with Crippen molar-refractivity contribution in [1.29, 1.82) is 0 Å². The minimum absolute atomic E-state index is 0.194. The molecular formula is C11H18N4O. The summed E-state index contributed by atoms with van der Waals surface area (Å²) in [5.41, 5.74) is 11.8. The minimum Gasteiger partial charge on any atom is -0.384 e. The molecule has 0 unspecified atom stereocenters. The van der Waals surface area contributed by atoms with Crippen molar-refractivity contribution < 1.29 is 4.79 Å². The topological polar surface area (TPSA) is 94.0 Å². The van der Waals surface area contributed by atoms with E-state index in [2.05, 4.69) is 10.3 Å². The molecule has 0 aromatic carbocycles. The first kappa shape index (κ1) is 12.4. The maximum atomic E-state index is 11.6. The summed E-state index contributed by atoms with van der Waals surface area (Å²) in [6.45, 7) is 4.05. The number of anilines is 2. The van der Waals surface area contributed by atoms with Gasteiger partial charge in [-0.05, 0) is 24.5 Å². The summed E-state index contributed by atoms with van der Waals surface area (Å²) in [6, 6.07) is 2.84. The number of hydrogen-bond donors (Lipinski definition) is 3. The number of amides is 1. The van der Waals surface area contributed by atoms with Crippen molar-refractivity contribution in [2.24, 2.45) is 11.7 Å². The maximum absolute atomic E-state index is 11.6. The molecule has 0 fully saturated rings. The van der Waals surface area contributed by atoms with Crippen LogP contribution in [0.2, 0.25) is 0 Å². The fourth-order valence-corrected chi connectivity index (χ4v) is 1.33. The first-order chi connectivity index (χ1) is 7.49. The standard InChI is InChI=1S/C11H18N4O/c1-7(2)5-9(12)11(16)15-8-3-4-10(13)14-6-8/h3-4,6-7,9H,5,12H2,1-2H3,(H2,13,14)(H,15,16)/t9-/m0/s1. The van der Waals surface area contributed by atoms with Crippen molar-refractivity contribution in [1.82, 2.24) is 4.98 Å². The molecule has 0 radical (unpaired) electrons. The zero-order valence-corrected chi connectivity index (χ0v) is 9.60. The molecule has 16 heavy (non-hydrogen) atoms. The van der Waals surface area contributed by atoms with E-state index in [9.17, 15) is 4.79 Å². The number of nitrogens with two attached hydrogens (primary N) is 2. The van der Waals surface area contributed by atoms with Gasteiger partial charge in [-0.15, -0.1) is 0 Å². The summed E-state index contributed by atoms with van der Waals surface area (Å²) in [6.07, 6.45) is 2.17. The van der Waals surface area contributed by atoms with Gasteiger partial charge >= 0.3 is 0 Å². The lowest BCUT2D eigenvalue weighted by Gasteiger charge is -2.13. The Morgan fingerprint density at radius 2 is 2.19 bits per heavy atom. The smallest absolute Gasteiger partial charge is 0.241 e. The molecule has 0 saturated heterocycles. The summed E-state index contributed by atoms with van der Waals surface area (Å²) >= 11 is 0. The van der Waals surface area contributed by atoms with E-state index in [-0.39, 0.29) is 5.91 Å². The van der Waals surface area contributed by atoms with E-state index in [4.69, 9.17) is 11.5 Å². The van der Waals surface area contributed by atoms with Crippen molar-refractivity contribution in [2.45, 2.75) is 26.3 Å². The quantitative estimate of drug-likeness (QED) is 0.707. The van der Waals surface area contributed by atoms with E-state index in [1.54, 1.807) is 12.1 Å². The number of nitrogens with zero attached hydrogens (tertiary/aromatic N) is 1. The Hall–Kier alpha value is -1.62. The number of rotatable bonds is 4. The molecule has 1 aromatic rings. The largest absolute Gasteiger partial charge is 0.384 e. The molecule has 1 amide bonds. The molecule has 0 spiro atoms. The zero-order valence-electron chi connectivity index (χ0n) is 9.60. The van der Waals surface area contributed by atoms with E-state index in [1.807, 2.05) is 13.8 Å². The Kier molecular flexibility index (Phi) is 4.25. The van der Waals surface area contributed by atoms with Gasteiger partial charge in [0.05, 0.1) is 17.9 Å². The first-order valence-electron chi connectivity index (χ1n) is 5.27. The van der Waals surface area contributed by atoms with Gasteiger partial charge in [-0.25, -0.2) is 4.98 Å². The number of hydrogen-bond acceptors (Lipinski definition) is 4. The second-order valence-corrected chi connectivity index (χ2v) is 4.20. The lowest BCUT2D eigenvalue weighted by molar-refractivity contribution is -0.117. The highest BCUT2D eigenvalue weighted by Crippen LogP contribution is 2.09. The summed E-state index contributed by atoms with van der Waals surface area (Å²) in [4.78, 5) is 15.5. The Bertz CT molecular complexity index is 348. The molecule has 0 aliphatic heterocycles. The highest BCUT2D eigenvalue weighted by Gasteiger charge is 2.14. The molecule has 5 N–H and O–H groups in total. The van der Waals surface area contributed by atoms with Crippen molar-refractivity contribution in [3.63, 3.8) is 0 Å². The number of carbonyl (C=O) groups excluding carboxylic acids is 1. The monoisotopic (exact) mass is 222 g/mol. The van der Waals surface area contributed by atoms with Crippen LogP contribution in [0.1, 0.15) is 20.3 Å². The van der Waals surface area contributed by atoms with Crippen LogP contribution in [0.4, 0.5) is 11.5 Å². The molecule has 5 nitrogen and oxygen atoms in total. The fourth-order valence-electron chi connectivity index (χ4n) is 1.33. The molecule has 5 heteroatoms. The van der Waals surface area contributed by atoms with E-state index in [0.29, 0.717) is 23.8 Å². The maximum Gasteiger partial charge on any atom is 0.241 e. The average Bonchev–Trinajstić information content (AvgIpc) is 2.20. The van der Waals surface area contributed by atoms with Gasteiger partial charge in [-0.1, -0.05) is 13.8 Å². The Morgan fingerprint density at radius 1 is 1.50 bits per heavy atom. The lowest BCUT2D eigenvalue weighted by atomic mass is 10.0. The van der Waals surface area contributed by atoms with Crippen LogP contribution >= 0.6 is 0 Å². The third-order valence-corrected chi connectivity index (χ3v) is 2.12. The number of nitrogens with one attached hydrogen (secondary N) is 1. The predicted octanol–water partition coefficient (Wildman–Crippen LogP) is 0.976. The second-order valence-electron chi connectivity index (χ2n) is 4.20. The van der Waals surface area contributed by atoms with Crippen LogP contribution < -0.4 is 16.8 Å². The van der Waals surface area contributed by atoms with Crippen LogP contribution in [0.25, 0.3) is 0 Å². The van der Waals surface area contributed by atoms with Crippen molar-refractivity contribution in [3.8, 4) is 0 Å². The van der Waals surface area contributed by atoms with Gasteiger partial charge in [0.25, 0.3) is 0 Å². The normalized spacial score (nSPS) is 12.5.